The van der Waals surface area contributed by atoms with E-state index in [1.165, 1.54) is 31.2 Å². The summed E-state index contributed by atoms with van der Waals surface area (Å²) < 4.78 is 5.84. The van der Waals surface area contributed by atoms with Crippen LogP contribution in [-0.2, 0) is 11.3 Å². The molecule has 6 nitrogen and oxygen atoms in total. The molecule has 0 unspecified atom stereocenters. The van der Waals surface area contributed by atoms with Crippen LogP contribution in [0.15, 0.2) is 24.3 Å². The monoisotopic (exact) mass is 403 g/mol. The van der Waals surface area contributed by atoms with E-state index in [4.69, 9.17) is 4.74 Å². The van der Waals surface area contributed by atoms with Crippen LogP contribution >= 0.6 is 0 Å². The van der Waals surface area contributed by atoms with Crippen molar-refractivity contribution >= 4 is 5.91 Å². The second kappa shape index (κ2) is 12.2. The minimum Gasteiger partial charge on any atom is -0.491 e. The van der Waals surface area contributed by atoms with Crippen molar-refractivity contribution in [3.05, 3.63) is 29.8 Å². The Kier molecular flexibility index (Phi) is 9.25. The minimum atomic E-state index is -0.455. The fourth-order valence-electron chi connectivity index (χ4n) is 4.18. The third kappa shape index (κ3) is 7.96. The highest BCUT2D eigenvalue weighted by Gasteiger charge is 2.18. The van der Waals surface area contributed by atoms with E-state index in [9.17, 15) is 9.90 Å². The maximum absolute atomic E-state index is 11.6. The van der Waals surface area contributed by atoms with E-state index in [1.807, 2.05) is 23.1 Å². The van der Waals surface area contributed by atoms with Gasteiger partial charge >= 0.3 is 0 Å². The van der Waals surface area contributed by atoms with E-state index in [0.717, 1.165) is 57.9 Å². The maximum atomic E-state index is 11.6. The van der Waals surface area contributed by atoms with Gasteiger partial charge < -0.3 is 25.0 Å². The molecule has 0 radical (unpaired) electrons. The summed E-state index contributed by atoms with van der Waals surface area (Å²) in [5.74, 6) is 1.11. The smallest absolute Gasteiger partial charge is 0.222 e. The number of aliphatic hydroxyl groups excluding tert-OH is 1. The predicted octanol–water partition coefficient (Wildman–Crippen LogP) is 2.40. The third-order valence-corrected chi connectivity index (χ3v) is 5.79. The number of hydrogen-bond donors (Lipinski definition) is 2. The van der Waals surface area contributed by atoms with Crippen molar-refractivity contribution in [1.82, 2.24) is 15.1 Å². The van der Waals surface area contributed by atoms with Gasteiger partial charge in [0, 0.05) is 32.6 Å². The minimum absolute atomic E-state index is 0.299. The van der Waals surface area contributed by atoms with Gasteiger partial charge in [0.2, 0.25) is 5.91 Å². The van der Waals surface area contributed by atoms with Gasteiger partial charge in [0.15, 0.2) is 0 Å². The van der Waals surface area contributed by atoms with E-state index >= 15 is 0 Å². The number of rotatable bonds is 11. The number of amides is 1. The number of nitrogens with zero attached hydrogens (tertiary/aromatic N) is 2. The maximum Gasteiger partial charge on any atom is 0.222 e. The summed E-state index contributed by atoms with van der Waals surface area (Å²) in [6, 6.07) is 8.06. The van der Waals surface area contributed by atoms with Crippen LogP contribution in [0.2, 0.25) is 0 Å². The van der Waals surface area contributed by atoms with Gasteiger partial charge in [-0.2, -0.15) is 0 Å². The zero-order chi connectivity index (χ0) is 20.3. The van der Waals surface area contributed by atoms with E-state index < -0.39 is 6.10 Å². The number of likely N-dealkylation sites (tertiary alicyclic amines) is 2. The van der Waals surface area contributed by atoms with Gasteiger partial charge in [-0.3, -0.25) is 4.79 Å². The van der Waals surface area contributed by atoms with Crippen LogP contribution in [0.1, 0.15) is 50.5 Å². The molecular formula is C23H37N3O3. The normalized spacial score (nSPS) is 19.3. The predicted molar refractivity (Wildman–Crippen MR) is 115 cm³/mol. The number of benzene rings is 1. The summed E-state index contributed by atoms with van der Waals surface area (Å²) in [4.78, 5) is 15.9. The molecule has 2 saturated heterocycles. The summed E-state index contributed by atoms with van der Waals surface area (Å²) in [5, 5.41) is 13.8. The Morgan fingerprint density at radius 3 is 2.69 bits per heavy atom. The topological polar surface area (TPSA) is 65.0 Å². The Morgan fingerprint density at radius 1 is 1.10 bits per heavy atom. The van der Waals surface area contributed by atoms with Crippen molar-refractivity contribution in [2.75, 3.05) is 45.9 Å². The van der Waals surface area contributed by atoms with Gasteiger partial charge in [-0.25, -0.2) is 0 Å². The Hall–Kier alpha value is -1.63. The van der Waals surface area contributed by atoms with Crippen LogP contribution in [0, 0.1) is 0 Å². The first kappa shape index (κ1) is 22.1. The van der Waals surface area contributed by atoms with Gasteiger partial charge in [0.05, 0.1) is 0 Å². The second-order valence-corrected chi connectivity index (χ2v) is 8.34. The van der Waals surface area contributed by atoms with Crippen molar-refractivity contribution in [2.45, 2.75) is 57.6 Å². The highest BCUT2D eigenvalue weighted by molar-refractivity contribution is 5.77. The van der Waals surface area contributed by atoms with Crippen molar-refractivity contribution in [2.24, 2.45) is 0 Å². The molecule has 0 spiro atoms. The van der Waals surface area contributed by atoms with Crippen LogP contribution in [0.3, 0.4) is 0 Å². The molecule has 2 aliphatic rings. The largest absolute Gasteiger partial charge is 0.491 e. The van der Waals surface area contributed by atoms with E-state index in [0.29, 0.717) is 25.5 Å². The molecule has 0 bridgehead atoms. The quantitative estimate of drug-likeness (QED) is 0.556. The Morgan fingerprint density at radius 2 is 1.93 bits per heavy atom. The Balaban J connectivity index is 1.31. The first-order valence-electron chi connectivity index (χ1n) is 11.3. The number of aliphatic hydroxyl groups is 1. The molecule has 2 N–H and O–H groups in total. The number of nitrogens with one attached hydrogen (secondary N) is 1. The van der Waals surface area contributed by atoms with E-state index in [2.05, 4.69) is 16.3 Å². The molecule has 1 aromatic rings. The second-order valence-electron chi connectivity index (χ2n) is 8.34. The zero-order valence-corrected chi connectivity index (χ0v) is 17.7. The standard InChI is InChI=1S/C23H37N3O3/c27-21(18-25-12-3-1-2-4-13-25)19-29-22-9-5-8-20(16-22)17-24-11-7-15-26-14-6-10-23(26)28/h5,8-9,16,21,24,27H,1-4,6-7,10-15,17-19H2/t21-/m1/s1. The fraction of sp³-hybridized carbons (Fsp3) is 0.696. The molecule has 2 fully saturated rings. The van der Waals surface area contributed by atoms with E-state index in [-0.39, 0.29) is 0 Å². The summed E-state index contributed by atoms with van der Waals surface area (Å²) >= 11 is 0. The van der Waals surface area contributed by atoms with Crippen LogP contribution in [0.5, 0.6) is 5.75 Å². The van der Waals surface area contributed by atoms with Crippen LogP contribution in [-0.4, -0.2) is 72.8 Å². The molecule has 0 saturated carbocycles. The van der Waals surface area contributed by atoms with Crippen molar-refractivity contribution in [1.29, 1.82) is 0 Å². The van der Waals surface area contributed by atoms with Gasteiger partial charge in [-0.1, -0.05) is 25.0 Å². The van der Waals surface area contributed by atoms with Crippen LogP contribution in [0.4, 0.5) is 0 Å². The Labute approximate surface area is 175 Å². The lowest BCUT2D eigenvalue weighted by Crippen LogP contribution is -2.36. The molecule has 0 aromatic heterocycles. The number of β-amino-alcohol motifs (C(OH)–C–C–N with tert-alkyl or cyclic N) is 1. The Bertz CT molecular complexity index is 617. The first-order valence-corrected chi connectivity index (χ1v) is 11.3. The highest BCUT2D eigenvalue weighted by atomic mass is 16.5. The molecule has 3 rings (SSSR count). The molecule has 1 aromatic carbocycles. The molecule has 2 aliphatic heterocycles. The first-order chi connectivity index (χ1) is 14.2. The summed E-state index contributed by atoms with van der Waals surface area (Å²) in [6.07, 6.45) is 7.32. The zero-order valence-electron chi connectivity index (χ0n) is 17.7. The molecule has 1 atom stereocenters. The fourth-order valence-corrected chi connectivity index (χ4v) is 4.18. The average molecular weight is 404 g/mol. The lowest BCUT2D eigenvalue weighted by molar-refractivity contribution is -0.127. The lowest BCUT2D eigenvalue weighted by Gasteiger charge is -2.23. The van der Waals surface area contributed by atoms with Crippen molar-refractivity contribution < 1.29 is 14.6 Å². The molecule has 2 heterocycles. The molecule has 6 heteroatoms. The molecule has 1 amide bonds. The summed E-state index contributed by atoms with van der Waals surface area (Å²) in [5.41, 5.74) is 1.17. The highest BCUT2D eigenvalue weighted by Crippen LogP contribution is 2.15. The molecule has 0 aliphatic carbocycles. The van der Waals surface area contributed by atoms with Crippen LogP contribution < -0.4 is 10.1 Å². The lowest BCUT2D eigenvalue weighted by atomic mass is 10.2. The third-order valence-electron chi connectivity index (χ3n) is 5.79. The van der Waals surface area contributed by atoms with E-state index in [1.54, 1.807) is 0 Å². The van der Waals surface area contributed by atoms with Gasteiger partial charge in [-0.05, 0) is 63.0 Å². The number of hydrogen-bond acceptors (Lipinski definition) is 5. The van der Waals surface area contributed by atoms with Gasteiger partial charge in [0.1, 0.15) is 18.5 Å². The van der Waals surface area contributed by atoms with Crippen molar-refractivity contribution in [3.63, 3.8) is 0 Å². The van der Waals surface area contributed by atoms with Gasteiger partial charge in [0.25, 0.3) is 0 Å². The SMILES string of the molecule is O=C1CCCN1CCCNCc1cccc(OC[C@H](O)CN2CCCCCC2)c1. The molecule has 29 heavy (non-hydrogen) atoms. The van der Waals surface area contributed by atoms with Crippen LogP contribution in [0.25, 0.3) is 0 Å². The average Bonchev–Trinajstić information content (AvgIpc) is 2.96. The molecular weight excluding hydrogens is 366 g/mol. The summed E-state index contributed by atoms with van der Waals surface area (Å²) in [6.45, 7) is 6.64. The number of ether oxygens (including phenoxy) is 1. The summed E-state index contributed by atoms with van der Waals surface area (Å²) in [7, 11) is 0. The molecule has 162 valence electrons. The number of carbonyl (C=O) groups is 1. The van der Waals surface area contributed by atoms with Crippen molar-refractivity contribution in [3.8, 4) is 5.75 Å². The number of carbonyl (C=O) groups excluding carboxylic acids is 1. The van der Waals surface area contributed by atoms with Gasteiger partial charge in [-0.15, -0.1) is 0 Å².